The maximum atomic E-state index is 6.17. The van der Waals surface area contributed by atoms with Gasteiger partial charge in [-0.1, -0.05) is 23.2 Å². The second-order valence-corrected chi connectivity index (χ2v) is 5.21. The molecule has 0 amide bonds. The fraction of sp³-hybridized carbons (Fsp3) is 0.273. The van der Waals surface area contributed by atoms with E-state index in [1.807, 2.05) is 6.07 Å². The lowest BCUT2D eigenvalue weighted by Gasteiger charge is -2.09. The average Bonchev–Trinajstić information content (AvgIpc) is 3.04. The van der Waals surface area contributed by atoms with Crippen LogP contribution in [0.1, 0.15) is 24.6 Å². The first-order chi connectivity index (χ1) is 8.16. The van der Waals surface area contributed by atoms with E-state index in [4.69, 9.17) is 34.8 Å². The van der Waals surface area contributed by atoms with Crippen LogP contribution in [0.4, 0.5) is 0 Å². The summed E-state index contributed by atoms with van der Waals surface area (Å²) in [6.45, 7) is 0. The van der Waals surface area contributed by atoms with Crippen molar-refractivity contribution in [2.75, 3.05) is 0 Å². The summed E-state index contributed by atoms with van der Waals surface area (Å²) in [5.41, 5.74) is 0.771. The smallest absolute Gasteiger partial charge is 0.229 e. The number of nitrogens with zero attached hydrogens (tertiary/aromatic N) is 3. The lowest BCUT2D eigenvalue weighted by atomic mass is 10.3. The third-order valence-corrected chi connectivity index (χ3v) is 3.52. The van der Waals surface area contributed by atoms with E-state index in [9.17, 15) is 0 Å². The number of benzene rings is 1. The van der Waals surface area contributed by atoms with Crippen molar-refractivity contribution in [2.45, 2.75) is 18.8 Å². The standard InChI is InChI=1S/C11H8Cl3N3/c12-7-3-4-9(8(13)5-7)17-10(6-1-2-6)15-16-11(17)14/h3-6H,1-2H2. The SMILES string of the molecule is Clc1ccc(-n2c(Cl)nnc2C2CC2)c(Cl)c1. The first-order valence-corrected chi connectivity index (χ1v) is 6.36. The van der Waals surface area contributed by atoms with E-state index >= 15 is 0 Å². The molecule has 17 heavy (non-hydrogen) atoms. The van der Waals surface area contributed by atoms with Crippen LogP contribution in [-0.4, -0.2) is 14.8 Å². The minimum Gasteiger partial charge on any atom is -0.268 e. The Morgan fingerprint density at radius 2 is 1.88 bits per heavy atom. The summed E-state index contributed by atoms with van der Waals surface area (Å²) in [5.74, 6) is 1.32. The van der Waals surface area contributed by atoms with Crippen molar-refractivity contribution in [2.24, 2.45) is 0 Å². The normalized spacial score (nSPS) is 15.2. The van der Waals surface area contributed by atoms with Crippen LogP contribution in [0, 0.1) is 0 Å². The number of hydrogen-bond donors (Lipinski definition) is 0. The third kappa shape index (κ3) is 2.03. The predicted molar refractivity (Wildman–Crippen MR) is 68.4 cm³/mol. The Hall–Kier alpha value is -0.770. The second kappa shape index (κ2) is 4.16. The minimum atomic E-state index is 0.330. The van der Waals surface area contributed by atoms with Gasteiger partial charge in [0.05, 0.1) is 10.7 Å². The molecule has 1 aromatic carbocycles. The molecule has 0 N–H and O–H groups in total. The molecule has 3 nitrogen and oxygen atoms in total. The molecule has 6 heteroatoms. The summed E-state index contributed by atoms with van der Waals surface area (Å²) < 4.78 is 1.79. The highest BCUT2D eigenvalue weighted by Gasteiger charge is 2.31. The van der Waals surface area contributed by atoms with Gasteiger partial charge in [-0.2, -0.15) is 0 Å². The zero-order chi connectivity index (χ0) is 12.0. The van der Waals surface area contributed by atoms with Crippen LogP contribution in [0.5, 0.6) is 0 Å². The summed E-state index contributed by atoms with van der Waals surface area (Å²) >= 11 is 18.1. The Morgan fingerprint density at radius 1 is 1.12 bits per heavy atom. The van der Waals surface area contributed by atoms with Crippen molar-refractivity contribution in [3.05, 3.63) is 39.4 Å². The van der Waals surface area contributed by atoms with Gasteiger partial charge in [-0.05, 0) is 42.6 Å². The highest BCUT2D eigenvalue weighted by Crippen LogP contribution is 2.41. The fourth-order valence-corrected chi connectivity index (χ4v) is 2.48. The molecule has 2 aromatic rings. The number of aromatic nitrogens is 3. The quantitative estimate of drug-likeness (QED) is 0.833. The van der Waals surface area contributed by atoms with Gasteiger partial charge in [-0.3, -0.25) is 4.57 Å². The molecule has 0 saturated heterocycles. The van der Waals surface area contributed by atoms with Gasteiger partial charge in [0.2, 0.25) is 5.28 Å². The lowest BCUT2D eigenvalue weighted by Crippen LogP contribution is -2.01. The zero-order valence-corrected chi connectivity index (χ0v) is 11.0. The van der Waals surface area contributed by atoms with Crippen molar-refractivity contribution < 1.29 is 0 Å². The molecule has 1 saturated carbocycles. The van der Waals surface area contributed by atoms with Crippen LogP contribution < -0.4 is 0 Å². The molecule has 88 valence electrons. The van der Waals surface area contributed by atoms with Crippen molar-refractivity contribution >= 4 is 34.8 Å². The highest BCUT2D eigenvalue weighted by atomic mass is 35.5. The van der Waals surface area contributed by atoms with Gasteiger partial charge in [0, 0.05) is 10.9 Å². The number of hydrogen-bond acceptors (Lipinski definition) is 2. The summed E-state index contributed by atoms with van der Waals surface area (Å²) in [5, 5.41) is 9.48. The Morgan fingerprint density at radius 3 is 2.53 bits per heavy atom. The summed E-state index contributed by atoms with van der Waals surface area (Å²) in [6.07, 6.45) is 2.25. The fourth-order valence-electron chi connectivity index (χ4n) is 1.77. The molecule has 0 unspecified atom stereocenters. The maximum absolute atomic E-state index is 6.17. The number of halogens is 3. The van der Waals surface area contributed by atoms with Crippen molar-refractivity contribution in [1.82, 2.24) is 14.8 Å². The first-order valence-electron chi connectivity index (χ1n) is 5.23. The van der Waals surface area contributed by atoms with Crippen molar-refractivity contribution in [3.63, 3.8) is 0 Å². The largest absolute Gasteiger partial charge is 0.268 e. The van der Waals surface area contributed by atoms with Crippen LogP contribution in [0.2, 0.25) is 15.3 Å². The van der Waals surface area contributed by atoms with E-state index in [0.717, 1.165) is 24.4 Å². The Balaban J connectivity index is 2.16. The predicted octanol–water partition coefficient (Wildman–Crippen LogP) is 4.10. The lowest BCUT2D eigenvalue weighted by molar-refractivity contribution is 0.872. The van der Waals surface area contributed by atoms with Crippen LogP contribution in [0.25, 0.3) is 5.69 Å². The molecule has 1 aliphatic carbocycles. The summed E-state index contributed by atoms with van der Waals surface area (Å²) in [6, 6.07) is 5.28. The van der Waals surface area contributed by atoms with Gasteiger partial charge in [-0.25, -0.2) is 0 Å². The van der Waals surface area contributed by atoms with E-state index < -0.39 is 0 Å². The van der Waals surface area contributed by atoms with Crippen molar-refractivity contribution in [1.29, 1.82) is 0 Å². The second-order valence-electron chi connectivity index (χ2n) is 4.03. The topological polar surface area (TPSA) is 30.7 Å². The zero-order valence-electron chi connectivity index (χ0n) is 8.70. The minimum absolute atomic E-state index is 0.330. The van der Waals surface area contributed by atoms with Gasteiger partial charge < -0.3 is 0 Å². The van der Waals surface area contributed by atoms with E-state index in [-0.39, 0.29) is 0 Å². The Kier molecular flexibility index (Phi) is 2.77. The molecular formula is C11H8Cl3N3. The Labute approximate surface area is 113 Å². The van der Waals surface area contributed by atoms with Crippen LogP contribution >= 0.6 is 34.8 Å². The van der Waals surface area contributed by atoms with Crippen LogP contribution in [0.15, 0.2) is 18.2 Å². The van der Waals surface area contributed by atoms with Gasteiger partial charge >= 0.3 is 0 Å². The van der Waals surface area contributed by atoms with E-state index in [1.54, 1.807) is 16.7 Å². The van der Waals surface area contributed by atoms with Gasteiger partial charge in [0.25, 0.3) is 0 Å². The van der Waals surface area contributed by atoms with Crippen LogP contribution in [-0.2, 0) is 0 Å². The van der Waals surface area contributed by atoms with Crippen molar-refractivity contribution in [3.8, 4) is 5.69 Å². The molecule has 0 aliphatic heterocycles. The summed E-state index contributed by atoms with van der Waals surface area (Å²) in [4.78, 5) is 0. The molecule has 1 aliphatic rings. The van der Waals surface area contributed by atoms with E-state index in [0.29, 0.717) is 21.2 Å². The van der Waals surface area contributed by atoms with E-state index in [2.05, 4.69) is 10.2 Å². The molecule has 0 atom stereocenters. The molecule has 0 bridgehead atoms. The molecule has 1 aromatic heterocycles. The van der Waals surface area contributed by atoms with Gasteiger partial charge in [-0.15, -0.1) is 10.2 Å². The Bertz CT molecular complexity index is 575. The van der Waals surface area contributed by atoms with E-state index in [1.165, 1.54) is 0 Å². The molecule has 3 rings (SSSR count). The molecule has 1 fully saturated rings. The maximum Gasteiger partial charge on any atom is 0.229 e. The molecular weight excluding hydrogens is 281 g/mol. The average molecular weight is 289 g/mol. The highest BCUT2D eigenvalue weighted by molar-refractivity contribution is 6.36. The molecule has 0 spiro atoms. The van der Waals surface area contributed by atoms with Crippen LogP contribution in [0.3, 0.4) is 0 Å². The molecule has 1 heterocycles. The van der Waals surface area contributed by atoms with Gasteiger partial charge in [0.1, 0.15) is 5.82 Å². The molecule has 0 radical (unpaired) electrons. The summed E-state index contributed by atoms with van der Waals surface area (Å²) in [7, 11) is 0. The number of rotatable bonds is 2. The van der Waals surface area contributed by atoms with Gasteiger partial charge in [0.15, 0.2) is 0 Å². The third-order valence-electron chi connectivity index (χ3n) is 2.74. The monoisotopic (exact) mass is 287 g/mol. The first kappa shape index (κ1) is 11.3.